The molecule has 5 heterocycles. The molecule has 1 aromatic carbocycles. The van der Waals surface area contributed by atoms with Crippen LogP contribution in [0.5, 0.6) is 0 Å². The van der Waals surface area contributed by atoms with Gasteiger partial charge in [-0.1, -0.05) is 35.3 Å². The number of hydrogen-bond donors (Lipinski definition) is 4. The molecular weight excluding hydrogens is 605 g/mol. The molecule has 0 bridgehead atoms. The first-order chi connectivity index (χ1) is 21.1. The summed E-state index contributed by atoms with van der Waals surface area (Å²) < 4.78 is 3.62. The Kier molecular flexibility index (Phi) is 8.44. The molecule has 0 aliphatic carbocycles. The summed E-state index contributed by atoms with van der Waals surface area (Å²) in [7, 11) is 3.65. The molecule has 1 atom stereocenters. The molecule has 0 radical (unpaired) electrons. The molecule has 1 unspecified atom stereocenters. The molecule has 44 heavy (non-hydrogen) atoms. The Hall–Kier alpha value is -3.81. The molecule has 2 aliphatic heterocycles. The maximum Gasteiger partial charge on any atom is 0.291 e. The van der Waals surface area contributed by atoms with Gasteiger partial charge in [-0.05, 0) is 19.1 Å². The van der Waals surface area contributed by atoms with Crippen molar-refractivity contribution in [1.29, 1.82) is 0 Å². The minimum Gasteiger partial charge on any atom is -0.392 e. The standard InChI is InChI=1S/C30H33Cl2N9O3/c1-16(42)14-41-12-9-23-21(15-41)36-28(40(23)3)30(44)37-18-6-4-5-17(24(18)31)26-25(32)19(7-11-34-26)38-29(43)27-35-20-13-33-10-8-22(20)39(27)2/h4-7,11,16,33,42H,8-10,12-15H2,1-3H3,(H,37,44)(H,34,38,43). The van der Waals surface area contributed by atoms with Gasteiger partial charge in [0, 0.05) is 82.8 Å². The second kappa shape index (κ2) is 12.3. The highest BCUT2D eigenvalue weighted by atomic mass is 35.5. The lowest BCUT2D eigenvalue weighted by Crippen LogP contribution is -2.36. The summed E-state index contributed by atoms with van der Waals surface area (Å²) in [6.45, 7) is 5.10. The number of β-amino-alcohol motifs (C(OH)–C–C–N with tert-alkyl or cyclic N) is 1. The maximum absolute atomic E-state index is 13.4. The van der Waals surface area contributed by atoms with Crippen molar-refractivity contribution >= 4 is 46.4 Å². The summed E-state index contributed by atoms with van der Waals surface area (Å²) >= 11 is 13.6. The van der Waals surface area contributed by atoms with Gasteiger partial charge in [0.25, 0.3) is 11.8 Å². The molecule has 4 N–H and O–H groups in total. The minimum atomic E-state index is -0.443. The third-order valence-electron chi connectivity index (χ3n) is 8.03. The van der Waals surface area contributed by atoms with E-state index in [1.807, 2.05) is 18.7 Å². The van der Waals surface area contributed by atoms with E-state index in [9.17, 15) is 14.7 Å². The van der Waals surface area contributed by atoms with E-state index in [0.29, 0.717) is 48.1 Å². The molecule has 3 aromatic heterocycles. The number of fused-ring (bicyclic) bond motifs is 2. The van der Waals surface area contributed by atoms with Crippen molar-refractivity contribution in [2.24, 2.45) is 14.1 Å². The highest BCUT2D eigenvalue weighted by Crippen LogP contribution is 2.39. The average Bonchev–Trinajstić information content (AvgIpc) is 3.51. The fourth-order valence-corrected chi connectivity index (χ4v) is 6.39. The molecule has 230 valence electrons. The zero-order chi connectivity index (χ0) is 31.1. The monoisotopic (exact) mass is 637 g/mol. The van der Waals surface area contributed by atoms with Gasteiger partial charge in [-0.15, -0.1) is 0 Å². The molecule has 14 heteroatoms. The molecule has 6 rings (SSSR count). The van der Waals surface area contributed by atoms with E-state index in [1.165, 1.54) is 6.20 Å². The second-order valence-corrected chi connectivity index (χ2v) is 11.9. The first-order valence-corrected chi connectivity index (χ1v) is 15.1. The van der Waals surface area contributed by atoms with E-state index in [4.69, 9.17) is 23.2 Å². The number of rotatable bonds is 7. The van der Waals surface area contributed by atoms with Crippen LogP contribution in [0.1, 0.15) is 50.9 Å². The van der Waals surface area contributed by atoms with Crippen LogP contribution in [-0.2, 0) is 40.0 Å². The van der Waals surface area contributed by atoms with E-state index < -0.39 is 12.0 Å². The number of aliphatic hydroxyl groups excluding tert-OH is 1. The summed E-state index contributed by atoms with van der Waals surface area (Å²) in [5.74, 6) is -0.235. The normalized spacial score (nSPS) is 15.4. The molecular formula is C30H33Cl2N9O3. The number of benzene rings is 1. The SMILES string of the molecule is CC(O)CN1CCc2c(nc(C(=O)Nc3cccc(-c4nccc(NC(=O)c5nc6c(n5C)CCNC6)c4Cl)c3Cl)n2C)C1. The smallest absolute Gasteiger partial charge is 0.291 e. The molecule has 0 fully saturated rings. The quantitative estimate of drug-likeness (QED) is 0.241. The third kappa shape index (κ3) is 5.71. The second-order valence-electron chi connectivity index (χ2n) is 11.1. The third-order valence-corrected chi connectivity index (χ3v) is 8.82. The largest absolute Gasteiger partial charge is 0.392 e. The van der Waals surface area contributed by atoms with Crippen LogP contribution in [0.3, 0.4) is 0 Å². The van der Waals surface area contributed by atoms with E-state index in [0.717, 1.165) is 48.7 Å². The van der Waals surface area contributed by atoms with E-state index in [-0.39, 0.29) is 21.8 Å². The van der Waals surface area contributed by atoms with Crippen molar-refractivity contribution in [1.82, 2.24) is 34.3 Å². The van der Waals surface area contributed by atoms with Crippen LogP contribution in [0.25, 0.3) is 11.3 Å². The Morgan fingerprint density at radius 1 is 0.977 bits per heavy atom. The maximum atomic E-state index is 13.4. The van der Waals surface area contributed by atoms with Gasteiger partial charge in [-0.2, -0.15) is 0 Å². The lowest BCUT2D eigenvalue weighted by molar-refractivity contribution is 0.100. The Morgan fingerprint density at radius 3 is 2.32 bits per heavy atom. The lowest BCUT2D eigenvalue weighted by Gasteiger charge is -2.27. The summed E-state index contributed by atoms with van der Waals surface area (Å²) in [5, 5.41) is 19.2. The first-order valence-electron chi connectivity index (χ1n) is 14.4. The number of amides is 2. The molecule has 0 saturated carbocycles. The van der Waals surface area contributed by atoms with Crippen molar-refractivity contribution in [3.63, 3.8) is 0 Å². The van der Waals surface area contributed by atoms with Gasteiger partial charge in [-0.25, -0.2) is 9.97 Å². The van der Waals surface area contributed by atoms with Crippen molar-refractivity contribution < 1.29 is 14.7 Å². The number of halogens is 2. The summed E-state index contributed by atoms with van der Waals surface area (Å²) in [6, 6.07) is 6.78. The number of aromatic nitrogens is 5. The minimum absolute atomic E-state index is 0.199. The van der Waals surface area contributed by atoms with E-state index in [2.05, 4.69) is 35.8 Å². The van der Waals surface area contributed by atoms with Crippen LogP contribution in [0, 0.1) is 0 Å². The Morgan fingerprint density at radius 2 is 1.64 bits per heavy atom. The van der Waals surface area contributed by atoms with Crippen molar-refractivity contribution in [3.05, 3.63) is 74.9 Å². The van der Waals surface area contributed by atoms with Gasteiger partial charge in [0.05, 0.1) is 44.6 Å². The average molecular weight is 639 g/mol. The van der Waals surface area contributed by atoms with Gasteiger partial charge < -0.3 is 30.2 Å². The van der Waals surface area contributed by atoms with Gasteiger partial charge in [0.1, 0.15) is 0 Å². The van der Waals surface area contributed by atoms with Crippen LogP contribution >= 0.6 is 23.2 Å². The Bertz CT molecular complexity index is 1760. The van der Waals surface area contributed by atoms with Crippen LogP contribution in [-0.4, -0.2) is 71.6 Å². The highest BCUT2D eigenvalue weighted by molar-refractivity contribution is 6.39. The fourth-order valence-electron chi connectivity index (χ4n) is 5.87. The number of hydrogen-bond acceptors (Lipinski definition) is 8. The first kappa shape index (κ1) is 30.2. The fraction of sp³-hybridized carbons (Fsp3) is 0.367. The van der Waals surface area contributed by atoms with Gasteiger partial charge in [0.15, 0.2) is 11.6 Å². The number of nitrogens with one attached hydrogen (secondary N) is 3. The topological polar surface area (TPSA) is 142 Å². The van der Waals surface area contributed by atoms with Crippen LogP contribution in [0.2, 0.25) is 10.0 Å². The van der Waals surface area contributed by atoms with Crippen LogP contribution < -0.4 is 16.0 Å². The van der Waals surface area contributed by atoms with E-state index >= 15 is 0 Å². The van der Waals surface area contributed by atoms with Crippen molar-refractivity contribution in [2.45, 2.75) is 39.0 Å². The predicted molar refractivity (Wildman–Crippen MR) is 168 cm³/mol. The van der Waals surface area contributed by atoms with Crippen molar-refractivity contribution in [3.8, 4) is 11.3 Å². The number of aliphatic hydroxyl groups is 1. The molecule has 4 aromatic rings. The number of anilines is 2. The summed E-state index contributed by atoms with van der Waals surface area (Å²) in [6.07, 6.45) is 2.61. The molecule has 2 aliphatic rings. The predicted octanol–water partition coefficient (Wildman–Crippen LogP) is 3.41. The number of carbonyl (C=O) groups is 2. The molecule has 12 nitrogen and oxygen atoms in total. The van der Waals surface area contributed by atoms with Gasteiger partial charge in [0.2, 0.25) is 0 Å². The zero-order valence-electron chi connectivity index (χ0n) is 24.6. The number of nitrogens with zero attached hydrogens (tertiary/aromatic N) is 6. The molecule has 2 amide bonds. The summed E-state index contributed by atoms with van der Waals surface area (Å²) in [4.78, 5) is 42.3. The number of pyridine rings is 1. The lowest BCUT2D eigenvalue weighted by atomic mass is 10.1. The van der Waals surface area contributed by atoms with Crippen molar-refractivity contribution in [2.75, 3.05) is 30.3 Å². The Labute approximate surface area is 264 Å². The molecule has 0 spiro atoms. The Balaban J connectivity index is 1.22. The van der Waals surface area contributed by atoms with Crippen LogP contribution in [0.4, 0.5) is 11.4 Å². The van der Waals surface area contributed by atoms with Gasteiger partial charge in [-0.3, -0.25) is 19.5 Å². The molecule has 0 saturated heterocycles. The zero-order valence-corrected chi connectivity index (χ0v) is 26.1. The van der Waals surface area contributed by atoms with Gasteiger partial charge >= 0.3 is 0 Å². The van der Waals surface area contributed by atoms with E-state index in [1.54, 1.807) is 35.8 Å². The van der Waals surface area contributed by atoms with Crippen LogP contribution in [0.15, 0.2) is 30.5 Å². The number of carbonyl (C=O) groups excluding carboxylic acids is 2. The number of imidazole rings is 2. The highest BCUT2D eigenvalue weighted by Gasteiger charge is 2.27. The summed E-state index contributed by atoms with van der Waals surface area (Å²) in [5.41, 5.74) is 5.26.